The fraction of sp³-hybridized carbons (Fsp3) is 0.400. The van der Waals surface area contributed by atoms with Crippen LogP contribution in [-0.4, -0.2) is 14.8 Å². The number of hydrogen-bond donors (Lipinski definition) is 0. The summed E-state index contributed by atoms with van der Waals surface area (Å²) in [7, 11) is 0. The fourth-order valence-corrected chi connectivity index (χ4v) is 1.96. The zero-order valence-corrected chi connectivity index (χ0v) is 9.24. The highest BCUT2D eigenvalue weighted by Crippen LogP contribution is 2.31. The van der Waals surface area contributed by atoms with Crippen molar-refractivity contribution in [3.8, 4) is 0 Å². The van der Waals surface area contributed by atoms with E-state index in [1.54, 1.807) is 0 Å². The molecule has 0 N–H and O–H groups in total. The molecule has 1 aliphatic rings. The van der Waals surface area contributed by atoms with Crippen LogP contribution in [0.3, 0.4) is 0 Å². The summed E-state index contributed by atoms with van der Waals surface area (Å²) >= 11 is 3.38. The molecule has 1 aliphatic carbocycles. The maximum Gasteiger partial charge on any atom is 0.108 e. The molecular weight excluding hydrogens is 242 g/mol. The molecule has 14 heavy (non-hydrogen) atoms. The van der Waals surface area contributed by atoms with Crippen molar-refractivity contribution in [2.45, 2.75) is 19.4 Å². The van der Waals surface area contributed by atoms with E-state index in [9.17, 15) is 0 Å². The van der Waals surface area contributed by atoms with Gasteiger partial charge in [-0.15, -0.1) is 0 Å². The van der Waals surface area contributed by atoms with E-state index in [2.05, 4.69) is 30.7 Å². The molecule has 0 radical (unpaired) electrons. The Morgan fingerprint density at radius 1 is 1.43 bits per heavy atom. The molecule has 0 atom stereocenters. The number of rotatable bonds is 2. The largest absolute Gasteiger partial charge is 0.264 e. The van der Waals surface area contributed by atoms with Crippen molar-refractivity contribution in [1.29, 1.82) is 0 Å². The van der Waals surface area contributed by atoms with Crippen molar-refractivity contribution >= 4 is 26.8 Å². The Morgan fingerprint density at radius 2 is 2.29 bits per heavy atom. The smallest absolute Gasteiger partial charge is 0.108 e. The second-order valence-electron chi connectivity index (χ2n) is 3.84. The van der Waals surface area contributed by atoms with Gasteiger partial charge in [0.05, 0.1) is 11.7 Å². The van der Waals surface area contributed by atoms with Crippen LogP contribution >= 0.6 is 15.9 Å². The first-order valence-corrected chi connectivity index (χ1v) is 5.59. The summed E-state index contributed by atoms with van der Waals surface area (Å²) < 4.78 is 2.96. The lowest BCUT2D eigenvalue weighted by molar-refractivity contribution is 0.580. The van der Waals surface area contributed by atoms with Crippen molar-refractivity contribution in [1.82, 2.24) is 14.8 Å². The van der Waals surface area contributed by atoms with Crippen molar-refractivity contribution in [2.75, 3.05) is 0 Å². The number of aromatic nitrogens is 3. The molecule has 0 aliphatic heterocycles. The lowest BCUT2D eigenvalue weighted by atomic mass is 10.3. The summed E-state index contributed by atoms with van der Waals surface area (Å²) in [6, 6.07) is 2.03. The summed E-state index contributed by atoms with van der Waals surface area (Å²) in [5.74, 6) is 0.852. The highest BCUT2D eigenvalue weighted by atomic mass is 79.9. The van der Waals surface area contributed by atoms with E-state index in [-0.39, 0.29) is 0 Å². The maximum atomic E-state index is 4.37. The number of pyridine rings is 1. The molecule has 1 fully saturated rings. The van der Waals surface area contributed by atoms with Gasteiger partial charge in [0.2, 0.25) is 0 Å². The van der Waals surface area contributed by atoms with Crippen LogP contribution in [-0.2, 0) is 6.54 Å². The molecule has 1 saturated carbocycles. The van der Waals surface area contributed by atoms with Crippen LogP contribution in [0, 0.1) is 5.92 Å². The molecule has 2 heterocycles. The standard InChI is InChI=1S/C10H10BrN3/c11-10-3-9-8(4-12-10)5-13-14(9)6-7-1-2-7/h3-5,7H,1-2,6H2. The Balaban J connectivity index is 2.08. The fourth-order valence-electron chi connectivity index (χ4n) is 1.64. The quantitative estimate of drug-likeness (QED) is 0.769. The predicted molar refractivity (Wildman–Crippen MR) is 58.0 cm³/mol. The number of nitrogens with zero attached hydrogens (tertiary/aromatic N) is 3. The van der Waals surface area contributed by atoms with Crippen LogP contribution < -0.4 is 0 Å². The minimum Gasteiger partial charge on any atom is -0.264 e. The third-order valence-electron chi connectivity index (χ3n) is 2.62. The van der Waals surface area contributed by atoms with Gasteiger partial charge in [0.1, 0.15) is 4.60 Å². The van der Waals surface area contributed by atoms with Crippen molar-refractivity contribution in [3.63, 3.8) is 0 Å². The molecule has 0 saturated heterocycles. The first-order valence-electron chi connectivity index (χ1n) is 4.80. The molecule has 4 heteroatoms. The van der Waals surface area contributed by atoms with E-state index in [1.807, 2.05) is 18.5 Å². The molecule has 3 nitrogen and oxygen atoms in total. The zero-order chi connectivity index (χ0) is 9.54. The Bertz CT molecular complexity index is 473. The maximum absolute atomic E-state index is 4.37. The van der Waals surface area contributed by atoms with E-state index in [4.69, 9.17) is 0 Å². The van der Waals surface area contributed by atoms with Gasteiger partial charge in [-0.25, -0.2) is 4.98 Å². The molecule has 0 unspecified atom stereocenters. The Morgan fingerprint density at radius 3 is 3.07 bits per heavy atom. The van der Waals surface area contributed by atoms with Gasteiger partial charge in [-0.1, -0.05) is 0 Å². The van der Waals surface area contributed by atoms with Crippen LogP contribution in [0.5, 0.6) is 0 Å². The molecule has 0 amide bonds. The van der Waals surface area contributed by atoms with Crippen LogP contribution in [0.25, 0.3) is 10.9 Å². The molecule has 0 aromatic carbocycles. The first kappa shape index (κ1) is 8.41. The van der Waals surface area contributed by atoms with Crippen molar-refractivity contribution in [2.24, 2.45) is 5.92 Å². The van der Waals surface area contributed by atoms with Crippen LogP contribution in [0.4, 0.5) is 0 Å². The minimum atomic E-state index is 0.852. The second-order valence-corrected chi connectivity index (χ2v) is 4.65. The minimum absolute atomic E-state index is 0.852. The Labute approximate surface area is 90.3 Å². The average Bonchev–Trinajstić information content (AvgIpc) is 2.90. The highest BCUT2D eigenvalue weighted by Gasteiger charge is 2.22. The number of fused-ring (bicyclic) bond motifs is 1. The van der Waals surface area contributed by atoms with Crippen LogP contribution in [0.1, 0.15) is 12.8 Å². The summed E-state index contributed by atoms with van der Waals surface area (Å²) in [4.78, 5) is 4.18. The summed E-state index contributed by atoms with van der Waals surface area (Å²) in [6.07, 6.45) is 6.45. The van der Waals surface area contributed by atoms with Gasteiger partial charge >= 0.3 is 0 Å². The molecular formula is C10H10BrN3. The SMILES string of the molecule is Brc1cc2c(cn1)cnn2CC1CC1. The predicted octanol–water partition coefficient (Wildman–Crippen LogP) is 2.60. The zero-order valence-electron chi connectivity index (χ0n) is 7.65. The topological polar surface area (TPSA) is 30.7 Å². The van der Waals surface area contributed by atoms with Crippen LogP contribution in [0.15, 0.2) is 23.1 Å². The van der Waals surface area contributed by atoms with Crippen molar-refractivity contribution < 1.29 is 0 Å². The van der Waals surface area contributed by atoms with Gasteiger partial charge in [-0.05, 0) is 40.8 Å². The summed E-state index contributed by atoms with van der Waals surface area (Å²) in [5, 5.41) is 5.49. The first-order chi connectivity index (χ1) is 6.83. The van der Waals surface area contributed by atoms with Gasteiger partial charge < -0.3 is 0 Å². The molecule has 2 aromatic heterocycles. The third kappa shape index (κ3) is 1.43. The van der Waals surface area contributed by atoms with Gasteiger partial charge in [-0.2, -0.15) is 5.10 Å². The second kappa shape index (κ2) is 3.05. The van der Waals surface area contributed by atoms with E-state index in [1.165, 1.54) is 18.4 Å². The monoisotopic (exact) mass is 251 g/mol. The molecule has 2 aromatic rings. The van der Waals surface area contributed by atoms with Gasteiger partial charge in [0.15, 0.2) is 0 Å². The van der Waals surface area contributed by atoms with E-state index < -0.39 is 0 Å². The highest BCUT2D eigenvalue weighted by molar-refractivity contribution is 9.10. The lowest BCUT2D eigenvalue weighted by Crippen LogP contribution is -2.01. The molecule has 3 rings (SSSR count). The third-order valence-corrected chi connectivity index (χ3v) is 3.05. The average molecular weight is 252 g/mol. The summed E-state index contributed by atoms with van der Waals surface area (Å²) in [6.45, 7) is 1.06. The van der Waals surface area contributed by atoms with Gasteiger partial charge in [0, 0.05) is 18.1 Å². The van der Waals surface area contributed by atoms with Gasteiger partial charge in [0.25, 0.3) is 0 Å². The van der Waals surface area contributed by atoms with E-state index >= 15 is 0 Å². The van der Waals surface area contributed by atoms with Crippen molar-refractivity contribution in [3.05, 3.63) is 23.1 Å². The summed E-state index contributed by atoms with van der Waals surface area (Å²) in [5.41, 5.74) is 1.18. The van der Waals surface area contributed by atoms with E-state index in [0.29, 0.717) is 0 Å². The van der Waals surface area contributed by atoms with Gasteiger partial charge in [-0.3, -0.25) is 4.68 Å². The normalized spacial score (nSPS) is 16.4. The Kier molecular flexibility index (Phi) is 1.83. The molecule has 0 spiro atoms. The number of halogens is 1. The van der Waals surface area contributed by atoms with Crippen LogP contribution in [0.2, 0.25) is 0 Å². The Hall–Kier alpha value is -0.900. The lowest BCUT2D eigenvalue weighted by Gasteiger charge is -2.01. The number of hydrogen-bond acceptors (Lipinski definition) is 2. The molecule has 72 valence electrons. The molecule has 0 bridgehead atoms. The van der Waals surface area contributed by atoms with E-state index in [0.717, 1.165) is 22.5 Å².